The number of phosphoric ester groups is 2. The van der Waals surface area contributed by atoms with Crippen molar-refractivity contribution in [2.75, 3.05) is 44.2 Å². The molecule has 8 aromatic carbocycles. The first kappa shape index (κ1) is 82.1. The van der Waals surface area contributed by atoms with Crippen LogP contribution in [-0.2, 0) is 18.2 Å². The summed E-state index contributed by atoms with van der Waals surface area (Å²) in [6, 6.07) is 43.8. The van der Waals surface area contributed by atoms with Gasteiger partial charge >= 0.3 is 118 Å². The third-order valence-corrected chi connectivity index (χ3v) is 17.1. The van der Waals surface area contributed by atoms with Crippen molar-refractivity contribution in [3.63, 3.8) is 0 Å². The Morgan fingerprint density at radius 2 is 0.677 bits per heavy atom. The SMILES string of the molecule is Cc1ccccc1C(=O)Nc1ccc(C(=O)Nc2ccc(C(=O)N3CCC[C@@H](OP(=O)([O-])[O-])c4cc(Cl)ccc43)c(C)c2)c(C)c1.Cc1ccccc1C(=O)Nc1ccc(C(=O)Nc2ccc(C(=O)N3CCC[C@H](OP(=O)([O-])[O-])c4cc(Cl)ccc43)c(C)c2)c(C)c1.[Na+].[Na+].[Na+].[Na+]. The van der Waals surface area contributed by atoms with E-state index in [9.17, 15) is 57.5 Å². The number of hydrogen-bond acceptors (Lipinski definition) is 14. The molecule has 2 atom stereocenters. The third kappa shape index (κ3) is 21.2. The Kier molecular flexibility index (Phi) is 30.9. The summed E-state index contributed by atoms with van der Waals surface area (Å²) in [4.78, 5) is 128. The Bertz CT molecular complexity index is 4080. The van der Waals surface area contributed by atoms with Gasteiger partial charge < -0.3 is 68.8 Å². The molecular weight excluding hydrogens is 1350 g/mol. The predicted octanol–water partition coefficient (Wildman–Crippen LogP) is 0.210. The van der Waals surface area contributed by atoms with Crippen LogP contribution in [0.15, 0.2) is 158 Å². The topological polar surface area (TPSA) is 302 Å². The Balaban J connectivity index is 0.000000333. The number of benzene rings is 8. The van der Waals surface area contributed by atoms with E-state index in [0.29, 0.717) is 124 Å². The fraction of sp³-hybridized carbons (Fsp3) is 0.206. The van der Waals surface area contributed by atoms with E-state index < -0.39 is 27.9 Å². The first-order valence-corrected chi connectivity index (χ1v) is 32.7. The number of rotatable bonds is 14. The molecule has 2 aliphatic rings. The van der Waals surface area contributed by atoms with Gasteiger partial charge in [0.05, 0.1) is 27.9 Å². The largest absolute Gasteiger partial charge is 1.00 e. The van der Waals surface area contributed by atoms with Crippen molar-refractivity contribution >= 4 is 108 Å². The fourth-order valence-corrected chi connectivity index (χ4v) is 12.5. The zero-order chi connectivity index (χ0) is 66.3. The second-order valence-electron chi connectivity index (χ2n) is 22.3. The number of nitrogens with one attached hydrogen (secondary N) is 4. The number of anilines is 6. The van der Waals surface area contributed by atoms with Crippen molar-refractivity contribution in [2.45, 2.75) is 79.4 Å². The van der Waals surface area contributed by atoms with Crippen LogP contribution >= 0.6 is 38.8 Å². The molecular formula is C68H62Cl2N6Na4O14P2. The number of phosphoric acid groups is 2. The van der Waals surface area contributed by atoms with E-state index in [2.05, 4.69) is 21.3 Å². The quantitative estimate of drug-likeness (QED) is 0.0837. The molecule has 10 rings (SSSR count). The molecule has 6 amide bonds. The summed E-state index contributed by atoms with van der Waals surface area (Å²) < 4.78 is 32.5. The smallest absolute Gasteiger partial charge is 0.790 e. The summed E-state index contributed by atoms with van der Waals surface area (Å²) in [5.41, 5.74) is 10.5. The maximum Gasteiger partial charge on any atom is 1.00 e. The van der Waals surface area contributed by atoms with Crippen LogP contribution in [0.1, 0.15) is 145 Å². The van der Waals surface area contributed by atoms with Crippen LogP contribution in [0.3, 0.4) is 0 Å². The summed E-state index contributed by atoms with van der Waals surface area (Å²) >= 11 is 12.3. The molecule has 20 nitrogen and oxygen atoms in total. The Hall–Kier alpha value is -4.62. The average Bonchev–Trinajstić information content (AvgIpc) is 1.42. The molecule has 0 unspecified atom stereocenters. The molecule has 0 radical (unpaired) electrons. The minimum atomic E-state index is -5.30. The molecule has 0 fully saturated rings. The molecule has 28 heteroatoms. The van der Waals surface area contributed by atoms with Crippen LogP contribution in [0.4, 0.5) is 34.1 Å². The molecule has 8 aromatic rings. The maximum absolute atomic E-state index is 13.8. The molecule has 4 N–H and O–H groups in total. The molecule has 0 aromatic heterocycles. The molecule has 2 heterocycles. The van der Waals surface area contributed by atoms with E-state index in [4.69, 9.17) is 32.2 Å². The number of halogens is 2. The van der Waals surface area contributed by atoms with Crippen molar-refractivity contribution in [1.82, 2.24) is 0 Å². The van der Waals surface area contributed by atoms with Crippen LogP contribution < -0.4 is 169 Å². The standard InChI is InChI=1S/2C34H33ClN3O7P.4Na/c2*1-20-7-4-5-8-26(20)32(39)36-24-11-13-27(21(2)17-24)33(40)37-25-12-14-28(22(3)18-25)34(41)38-16-6-9-31(45-46(42,43)44)29-19-23(35)10-15-30(29)38;;;;/h2*4-5,7-8,10-15,17-19,31H,6,9,16H2,1-3H3,(H,36,39)(H,37,40)(H2,42,43,44);;;;/q;;4*+1/p-4/t2*31-;;;;/m10..../s1. The van der Waals surface area contributed by atoms with Crippen LogP contribution in [0.2, 0.25) is 10.0 Å². The number of carbonyl (C=O) groups excluding carboxylic acids is 6. The van der Waals surface area contributed by atoms with Crippen LogP contribution in [-0.4, -0.2) is 48.5 Å². The Labute approximate surface area is 655 Å². The summed E-state index contributed by atoms with van der Waals surface area (Å²) in [7, 11) is -10.6. The molecule has 0 spiro atoms. The third-order valence-electron chi connectivity index (χ3n) is 15.6. The second kappa shape index (κ2) is 36.1. The molecule has 2 aliphatic heterocycles. The molecule has 476 valence electrons. The average molecular weight is 1410 g/mol. The van der Waals surface area contributed by atoms with Crippen molar-refractivity contribution in [1.29, 1.82) is 0 Å². The Morgan fingerprint density at radius 1 is 0.396 bits per heavy atom. The first-order valence-electron chi connectivity index (χ1n) is 29.0. The van der Waals surface area contributed by atoms with Gasteiger partial charge in [-0.25, -0.2) is 0 Å². The number of amides is 6. The van der Waals surface area contributed by atoms with Gasteiger partial charge in [-0.2, -0.15) is 0 Å². The van der Waals surface area contributed by atoms with E-state index in [1.807, 2.05) is 38.1 Å². The molecule has 0 aliphatic carbocycles. The van der Waals surface area contributed by atoms with Gasteiger partial charge in [0.1, 0.15) is 0 Å². The van der Waals surface area contributed by atoms with Crippen molar-refractivity contribution in [2.24, 2.45) is 0 Å². The summed E-state index contributed by atoms with van der Waals surface area (Å²) in [5.74, 6) is -1.87. The predicted molar refractivity (Wildman–Crippen MR) is 346 cm³/mol. The number of nitrogens with zero attached hydrogens (tertiary/aromatic N) is 2. The summed E-state index contributed by atoms with van der Waals surface area (Å²) in [5, 5.41) is 12.1. The molecule has 96 heavy (non-hydrogen) atoms. The van der Waals surface area contributed by atoms with Crippen molar-refractivity contribution in [3.8, 4) is 0 Å². The summed E-state index contributed by atoms with van der Waals surface area (Å²) in [6.45, 7) is 11.3. The fourth-order valence-electron chi connectivity index (χ4n) is 11.1. The Morgan fingerprint density at radius 3 is 0.958 bits per heavy atom. The van der Waals surface area contributed by atoms with Gasteiger partial charge in [-0.15, -0.1) is 0 Å². The zero-order valence-electron chi connectivity index (χ0n) is 54.7. The maximum atomic E-state index is 13.8. The van der Waals surface area contributed by atoms with Crippen molar-refractivity contribution in [3.05, 3.63) is 246 Å². The zero-order valence-corrected chi connectivity index (χ0v) is 66.0. The van der Waals surface area contributed by atoms with Crippen molar-refractivity contribution < 1.29 is 185 Å². The number of carbonyl (C=O) groups is 6. The van der Waals surface area contributed by atoms with Gasteiger partial charge in [0.25, 0.3) is 35.4 Å². The van der Waals surface area contributed by atoms with E-state index in [0.717, 1.165) is 11.1 Å². The van der Waals surface area contributed by atoms with E-state index in [-0.39, 0.29) is 180 Å². The normalized spacial score (nSPS) is 14.0. The minimum Gasteiger partial charge on any atom is -0.790 e. The van der Waals surface area contributed by atoms with Gasteiger partial charge in [0, 0.05) is 102 Å². The van der Waals surface area contributed by atoms with Crippen LogP contribution in [0.25, 0.3) is 0 Å². The number of fused-ring (bicyclic) bond motifs is 2. The van der Waals surface area contributed by atoms with Gasteiger partial charge in [0.15, 0.2) is 0 Å². The van der Waals surface area contributed by atoms with Gasteiger partial charge in [-0.3, -0.25) is 28.8 Å². The van der Waals surface area contributed by atoms with E-state index >= 15 is 0 Å². The number of aryl methyl sites for hydroxylation is 6. The van der Waals surface area contributed by atoms with Gasteiger partial charge in [-0.1, -0.05) is 59.6 Å². The molecule has 0 bridgehead atoms. The van der Waals surface area contributed by atoms with E-state index in [1.54, 1.807) is 149 Å². The van der Waals surface area contributed by atoms with E-state index in [1.165, 1.54) is 21.9 Å². The summed E-state index contributed by atoms with van der Waals surface area (Å²) in [6.07, 6.45) is -0.960. The van der Waals surface area contributed by atoms with Crippen LogP contribution in [0, 0.1) is 41.5 Å². The monoisotopic (exact) mass is 1410 g/mol. The van der Waals surface area contributed by atoms with Crippen LogP contribution in [0.5, 0.6) is 0 Å². The first-order chi connectivity index (χ1) is 43.6. The second-order valence-corrected chi connectivity index (χ2v) is 25.3. The van der Waals surface area contributed by atoms with Gasteiger partial charge in [0.2, 0.25) is 0 Å². The number of hydrogen-bond donors (Lipinski definition) is 4. The molecule has 0 saturated carbocycles. The van der Waals surface area contributed by atoms with Gasteiger partial charge in [-0.05, 0) is 222 Å². The minimum absolute atomic E-state index is 0. The molecule has 0 saturated heterocycles.